The summed E-state index contributed by atoms with van der Waals surface area (Å²) in [5, 5.41) is 11.1. The first-order valence-corrected chi connectivity index (χ1v) is 4.14. The van der Waals surface area contributed by atoms with E-state index in [-0.39, 0.29) is 10.6 Å². The van der Waals surface area contributed by atoms with E-state index in [0.29, 0.717) is 4.47 Å². The zero-order valence-electron chi connectivity index (χ0n) is 5.76. The van der Waals surface area contributed by atoms with Crippen molar-refractivity contribution >= 4 is 33.7 Å². The molecule has 0 aliphatic carbocycles. The van der Waals surface area contributed by atoms with Crippen LogP contribution in [-0.4, -0.2) is 11.4 Å². The Labute approximate surface area is 81.8 Å². The molecule has 0 radical (unpaired) electrons. The Kier molecular flexibility index (Phi) is 3.05. The predicted molar refractivity (Wildman–Crippen MR) is 48.5 cm³/mol. The SMILES string of the molecule is O/N=C/c1c(F)cc(Br)cc1Cl. The van der Waals surface area contributed by atoms with Crippen molar-refractivity contribution in [1.82, 2.24) is 0 Å². The normalized spacial score (nSPS) is 10.9. The molecular weight excluding hydrogens is 248 g/mol. The summed E-state index contributed by atoms with van der Waals surface area (Å²) in [5.74, 6) is -0.535. The van der Waals surface area contributed by atoms with Gasteiger partial charge in [0.15, 0.2) is 0 Å². The molecule has 0 unspecified atom stereocenters. The Hall–Kier alpha value is -0.610. The van der Waals surface area contributed by atoms with E-state index >= 15 is 0 Å². The van der Waals surface area contributed by atoms with Crippen LogP contribution in [0.15, 0.2) is 21.8 Å². The average molecular weight is 252 g/mol. The minimum atomic E-state index is -0.535. The monoisotopic (exact) mass is 251 g/mol. The lowest BCUT2D eigenvalue weighted by Gasteiger charge is -1.99. The van der Waals surface area contributed by atoms with Gasteiger partial charge in [-0.2, -0.15) is 0 Å². The highest BCUT2D eigenvalue weighted by molar-refractivity contribution is 9.10. The molecule has 0 aromatic heterocycles. The Morgan fingerprint density at radius 1 is 1.58 bits per heavy atom. The second kappa shape index (κ2) is 3.87. The van der Waals surface area contributed by atoms with Crippen molar-refractivity contribution in [1.29, 1.82) is 0 Å². The summed E-state index contributed by atoms with van der Waals surface area (Å²) in [7, 11) is 0. The van der Waals surface area contributed by atoms with Crippen LogP contribution in [0.2, 0.25) is 5.02 Å². The molecule has 1 aromatic carbocycles. The van der Waals surface area contributed by atoms with Crippen LogP contribution in [0.4, 0.5) is 4.39 Å². The van der Waals surface area contributed by atoms with Crippen LogP contribution in [0.25, 0.3) is 0 Å². The van der Waals surface area contributed by atoms with Crippen molar-refractivity contribution in [2.24, 2.45) is 5.16 Å². The molecule has 0 fully saturated rings. The molecule has 2 nitrogen and oxygen atoms in total. The molecule has 0 aliphatic rings. The fourth-order valence-corrected chi connectivity index (χ4v) is 1.55. The van der Waals surface area contributed by atoms with Gasteiger partial charge in [0.2, 0.25) is 0 Å². The van der Waals surface area contributed by atoms with E-state index in [2.05, 4.69) is 21.1 Å². The molecular formula is C7H4BrClFNO. The van der Waals surface area contributed by atoms with E-state index < -0.39 is 5.82 Å². The summed E-state index contributed by atoms with van der Waals surface area (Å²) in [4.78, 5) is 0. The van der Waals surface area contributed by atoms with Gasteiger partial charge in [-0.25, -0.2) is 4.39 Å². The van der Waals surface area contributed by atoms with E-state index in [1.165, 1.54) is 12.1 Å². The maximum absolute atomic E-state index is 13.0. The summed E-state index contributed by atoms with van der Waals surface area (Å²) in [6.07, 6.45) is 0.949. The number of benzene rings is 1. The second-order valence-corrected chi connectivity index (χ2v) is 3.35. The van der Waals surface area contributed by atoms with Gasteiger partial charge in [0, 0.05) is 4.47 Å². The summed E-state index contributed by atoms with van der Waals surface area (Å²) in [6.45, 7) is 0. The Bertz CT molecular complexity index is 306. The molecule has 1 N–H and O–H groups in total. The third-order valence-electron chi connectivity index (χ3n) is 1.23. The van der Waals surface area contributed by atoms with Gasteiger partial charge in [-0.1, -0.05) is 32.7 Å². The van der Waals surface area contributed by atoms with Crippen molar-refractivity contribution in [3.8, 4) is 0 Å². The van der Waals surface area contributed by atoms with Crippen molar-refractivity contribution in [2.45, 2.75) is 0 Å². The van der Waals surface area contributed by atoms with Crippen LogP contribution in [-0.2, 0) is 0 Å². The van der Waals surface area contributed by atoms with Crippen LogP contribution in [0.5, 0.6) is 0 Å². The summed E-state index contributed by atoms with van der Waals surface area (Å²) < 4.78 is 13.5. The van der Waals surface area contributed by atoms with Crippen LogP contribution >= 0.6 is 27.5 Å². The van der Waals surface area contributed by atoms with E-state index in [9.17, 15) is 4.39 Å². The maximum atomic E-state index is 13.0. The van der Waals surface area contributed by atoms with Gasteiger partial charge < -0.3 is 5.21 Å². The summed E-state index contributed by atoms with van der Waals surface area (Å²) in [6, 6.07) is 2.75. The highest BCUT2D eigenvalue weighted by Gasteiger charge is 2.06. The van der Waals surface area contributed by atoms with Gasteiger partial charge in [0.25, 0.3) is 0 Å². The van der Waals surface area contributed by atoms with Gasteiger partial charge in [-0.3, -0.25) is 0 Å². The zero-order chi connectivity index (χ0) is 9.14. The molecule has 0 spiro atoms. The van der Waals surface area contributed by atoms with Crippen LogP contribution < -0.4 is 0 Å². The Morgan fingerprint density at radius 2 is 2.25 bits per heavy atom. The molecule has 64 valence electrons. The predicted octanol–water partition coefficient (Wildman–Crippen LogP) is 3.05. The van der Waals surface area contributed by atoms with Crippen molar-refractivity contribution in [2.75, 3.05) is 0 Å². The van der Waals surface area contributed by atoms with Crippen molar-refractivity contribution in [3.05, 3.63) is 33.0 Å². The number of halogens is 3. The van der Waals surface area contributed by atoms with Gasteiger partial charge >= 0.3 is 0 Å². The van der Waals surface area contributed by atoms with Crippen LogP contribution in [0, 0.1) is 5.82 Å². The van der Waals surface area contributed by atoms with E-state index in [1.54, 1.807) is 0 Å². The molecule has 0 saturated heterocycles. The first-order valence-electron chi connectivity index (χ1n) is 2.97. The lowest BCUT2D eigenvalue weighted by Crippen LogP contribution is -1.89. The van der Waals surface area contributed by atoms with E-state index in [1.807, 2.05) is 0 Å². The number of oxime groups is 1. The largest absolute Gasteiger partial charge is 0.411 e. The van der Waals surface area contributed by atoms with E-state index in [0.717, 1.165) is 6.21 Å². The highest BCUT2D eigenvalue weighted by Crippen LogP contribution is 2.23. The molecule has 0 saturated carbocycles. The molecule has 0 bridgehead atoms. The number of rotatable bonds is 1. The smallest absolute Gasteiger partial charge is 0.134 e. The second-order valence-electron chi connectivity index (χ2n) is 2.03. The number of hydrogen-bond acceptors (Lipinski definition) is 2. The first-order chi connectivity index (χ1) is 5.65. The van der Waals surface area contributed by atoms with E-state index in [4.69, 9.17) is 16.8 Å². The number of hydrogen-bond donors (Lipinski definition) is 1. The fourth-order valence-electron chi connectivity index (χ4n) is 0.734. The first kappa shape index (κ1) is 9.48. The van der Waals surface area contributed by atoms with Crippen molar-refractivity contribution in [3.63, 3.8) is 0 Å². The third-order valence-corrected chi connectivity index (χ3v) is 2.00. The fraction of sp³-hybridized carbons (Fsp3) is 0. The van der Waals surface area contributed by atoms with Gasteiger partial charge in [-0.15, -0.1) is 0 Å². The lowest BCUT2D eigenvalue weighted by atomic mass is 10.2. The molecule has 0 atom stereocenters. The molecule has 5 heteroatoms. The summed E-state index contributed by atoms with van der Waals surface area (Å²) in [5.41, 5.74) is 0.0716. The lowest BCUT2D eigenvalue weighted by molar-refractivity contribution is 0.321. The molecule has 0 amide bonds. The summed E-state index contributed by atoms with van der Waals surface area (Å²) >= 11 is 8.71. The van der Waals surface area contributed by atoms with Gasteiger partial charge in [-0.05, 0) is 12.1 Å². The average Bonchev–Trinajstić information content (AvgIpc) is 1.96. The standard InChI is InChI=1S/C7H4BrClFNO/c8-4-1-6(9)5(3-11-12)7(10)2-4/h1-3,12H/b11-3+. The Balaban J connectivity index is 3.28. The van der Waals surface area contributed by atoms with Gasteiger partial charge in [0.1, 0.15) is 5.82 Å². The molecule has 1 aromatic rings. The quantitative estimate of drug-likeness (QED) is 0.465. The topological polar surface area (TPSA) is 32.6 Å². The maximum Gasteiger partial charge on any atom is 0.134 e. The number of nitrogens with zero attached hydrogens (tertiary/aromatic N) is 1. The Morgan fingerprint density at radius 3 is 2.75 bits per heavy atom. The zero-order valence-corrected chi connectivity index (χ0v) is 8.10. The molecule has 1 rings (SSSR count). The van der Waals surface area contributed by atoms with Crippen LogP contribution in [0.1, 0.15) is 5.56 Å². The van der Waals surface area contributed by atoms with Gasteiger partial charge in [0.05, 0.1) is 16.8 Å². The highest BCUT2D eigenvalue weighted by atomic mass is 79.9. The molecule has 0 aliphatic heterocycles. The molecule has 0 heterocycles. The minimum absolute atomic E-state index is 0.0716. The third kappa shape index (κ3) is 1.95. The molecule has 12 heavy (non-hydrogen) atoms. The van der Waals surface area contributed by atoms with Crippen molar-refractivity contribution < 1.29 is 9.60 Å². The van der Waals surface area contributed by atoms with Crippen LogP contribution in [0.3, 0.4) is 0 Å². The minimum Gasteiger partial charge on any atom is -0.411 e.